The SMILES string of the molecule is CC(=NNC(=O)Cc1ccc([N+](=O)[O-])cc1)c1cccc(NC(=O)c2ccc(Cl)cc2Cl)c1. The molecule has 3 rings (SSSR count). The van der Waals surface area contributed by atoms with Gasteiger partial charge in [0.05, 0.1) is 27.6 Å². The summed E-state index contributed by atoms with van der Waals surface area (Å²) in [5, 5.41) is 18.2. The molecule has 0 saturated heterocycles. The molecule has 8 nitrogen and oxygen atoms in total. The highest BCUT2D eigenvalue weighted by molar-refractivity contribution is 6.37. The van der Waals surface area contributed by atoms with E-state index in [0.717, 1.165) is 0 Å². The van der Waals surface area contributed by atoms with Crippen LogP contribution in [0.3, 0.4) is 0 Å². The maximum absolute atomic E-state index is 12.5. The molecule has 0 aliphatic heterocycles. The number of nitro benzene ring substituents is 1. The summed E-state index contributed by atoms with van der Waals surface area (Å²) in [6, 6.07) is 17.3. The average Bonchev–Trinajstić information content (AvgIpc) is 2.78. The fourth-order valence-corrected chi connectivity index (χ4v) is 3.36. The number of benzene rings is 3. The maximum Gasteiger partial charge on any atom is 0.269 e. The first-order valence-electron chi connectivity index (χ1n) is 9.66. The molecule has 0 radical (unpaired) electrons. The van der Waals surface area contributed by atoms with Crippen LogP contribution < -0.4 is 10.7 Å². The van der Waals surface area contributed by atoms with Crippen LogP contribution in [0.5, 0.6) is 0 Å². The van der Waals surface area contributed by atoms with Gasteiger partial charge in [-0.3, -0.25) is 19.7 Å². The van der Waals surface area contributed by atoms with Gasteiger partial charge < -0.3 is 5.32 Å². The lowest BCUT2D eigenvalue weighted by Crippen LogP contribution is -2.21. The second-order valence-corrected chi connectivity index (χ2v) is 7.84. The van der Waals surface area contributed by atoms with Crippen LogP contribution in [0.1, 0.15) is 28.4 Å². The van der Waals surface area contributed by atoms with Gasteiger partial charge in [0.2, 0.25) is 5.91 Å². The first kappa shape index (κ1) is 23.9. The molecule has 0 heterocycles. The van der Waals surface area contributed by atoms with Crippen LogP contribution in [0.15, 0.2) is 71.8 Å². The first-order valence-corrected chi connectivity index (χ1v) is 10.4. The topological polar surface area (TPSA) is 114 Å². The molecule has 0 bridgehead atoms. The number of anilines is 1. The molecule has 0 fully saturated rings. The zero-order valence-corrected chi connectivity index (χ0v) is 18.9. The molecule has 33 heavy (non-hydrogen) atoms. The average molecular weight is 485 g/mol. The number of hydrogen-bond donors (Lipinski definition) is 2. The number of hydrazone groups is 1. The molecule has 2 amide bonds. The third-order valence-corrected chi connectivity index (χ3v) is 5.12. The highest BCUT2D eigenvalue weighted by atomic mass is 35.5. The number of non-ortho nitro benzene ring substituents is 1. The van der Waals surface area contributed by atoms with Crippen molar-refractivity contribution in [2.45, 2.75) is 13.3 Å². The quantitative estimate of drug-likeness (QED) is 0.271. The van der Waals surface area contributed by atoms with E-state index in [0.29, 0.717) is 27.5 Å². The molecule has 0 spiro atoms. The highest BCUT2D eigenvalue weighted by Crippen LogP contribution is 2.22. The number of carbonyl (C=O) groups excluding carboxylic acids is 2. The monoisotopic (exact) mass is 484 g/mol. The van der Waals surface area contributed by atoms with Crippen molar-refractivity contribution in [3.05, 3.63) is 104 Å². The Morgan fingerprint density at radius 1 is 1.03 bits per heavy atom. The van der Waals surface area contributed by atoms with Crippen molar-refractivity contribution in [1.82, 2.24) is 5.43 Å². The van der Waals surface area contributed by atoms with Gasteiger partial charge in [-0.15, -0.1) is 0 Å². The Hall–Kier alpha value is -3.75. The number of rotatable bonds is 7. The van der Waals surface area contributed by atoms with Gasteiger partial charge in [-0.25, -0.2) is 5.43 Å². The van der Waals surface area contributed by atoms with Crippen molar-refractivity contribution in [2.75, 3.05) is 5.32 Å². The zero-order chi connectivity index (χ0) is 24.0. The number of amides is 2. The number of nitrogens with one attached hydrogen (secondary N) is 2. The summed E-state index contributed by atoms with van der Waals surface area (Å²) in [7, 11) is 0. The molecule has 0 atom stereocenters. The molecule has 168 valence electrons. The lowest BCUT2D eigenvalue weighted by molar-refractivity contribution is -0.384. The standard InChI is InChI=1S/C23H18Cl2N4O4/c1-14(27-28-22(30)11-15-5-8-19(9-6-15)29(32)33)16-3-2-4-18(12-16)26-23(31)20-10-7-17(24)13-21(20)25/h2-10,12-13H,11H2,1H3,(H,26,31)(H,28,30). The Labute approximate surface area is 199 Å². The molecule has 0 aliphatic rings. The molecule has 0 aliphatic carbocycles. The van der Waals surface area contributed by atoms with Crippen molar-refractivity contribution in [3.8, 4) is 0 Å². The number of nitro groups is 1. The van der Waals surface area contributed by atoms with E-state index in [1.54, 1.807) is 37.3 Å². The van der Waals surface area contributed by atoms with Gasteiger partial charge in [0, 0.05) is 22.8 Å². The van der Waals surface area contributed by atoms with E-state index in [4.69, 9.17) is 23.2 Å². The Morgan fingerprint density at radius 2 is 1.76 bits per heavy atom. The van der Waals surface area contributed by atoms with E-state index in [2.05, 4.69) is 15.8 Å². The van der Waals surface area contributed by atoms with Crippen LogP contribution >= 0.6 is 23.2 Å². The van der Waals surface area contributed by atoms with E-state index in [1.165, 1.54) is 36.4 Å². The van der Waals surface area contributed by atoms with Crippen molar-refractivity contribution in [3.63, 3.8) is 0 Å². The van der Waals surface area contributed by atoms with E-state index < -0.39 is 4.92 Å². The largest absolute Gasteiger partial charge is 0.322 e. The van der Waals surface area contributed by atoms with Crippen molar-refractivity contribution < 1.29 is 14.5 Å². The molecule has 0 saturated carbocycles. The highest BCUT2D eigenvalue weighted by Gasteiger charge is 2.12. The summed E-state index contributed by atoms with van der Waals surface area (Å²) in [6.45, 7) is 1.71. The number of halogens is 2. The van der Waals surface area contributed by atoms with Crippen molar-refractivity contribution >= 4 is 52.1 Å². The second-order valence-electron chi connectivity index (χ2n) is 6.99. The van der Waals surface area contributed by atoms with E-state index in [1.807, 2.05) is 0 Å². The summed E-state index contributed by atoms with van der Waals surface area (Å²) in [5.41, 5.74) is 5.06. The van der Waals surface area contributed by atoms with E-state index in [-0.39, 0.29) is 34.5 Å². The Morgan fingerprint density at radius 3 is 2.42 bits per heavy atom. The summed E-state index contributed by atoms with van der Waals surface area (Å²) >= 11 is 12.0. The van der Waals surface area contributed by atoms with E-state index in [9.17, 15) is 19.7 Å². The minimum atomic E-state index is -0.502. The first-order chi connectivity index (χ1) is 15.7. The van der Waals surface area contributed by atoms with Gasteiger partial charge in [-0.05, 0) is 48.4 Å². The Bertz CT molecular complexity index is 1240. The molecular weight excluding hydrogens is 467 g/mol. The fourth-order valence-electron chi connectivity index (χ4n) is 2.87. The van der Waals surface area contributed by atoms with Gasteiger partial charge in [-0.1, -0.05) is 47.5 Å². The molecule has 10 heteroatoms. The number of carbonyl (C=O) groups is 2. The molecule has 0 unspecified atom stereocenters. The lowest BCUT2D eigenvalue weighted by atomic mass is 10.1. The minimum Gasteiger partial charge on any atom is -0.322 e. The molecule has 2 N–H and O–H groups in total. The molecular formula is C23H18Cl2N4O4. The summed E-state index contributed by atoms with van der Waals surface area (Å²) in [6.07, 6.45) is 0.0206. The maximum atomic E-state index is 12.5. The van der Waals surface area contributed by atoms with Crippen LogP contribution in [0.4, 0.5) is 11.4 Å². The van der Waals surface area contributed by atoms with Crippen molar-refractivity contribution in [1.29, 1.82) is 0 Å². The van der Waals surface area contributed by atoms with Gasteiger partial charge in [0.1, 0.15) is 0 Å². The van der Waals surface area contributed by atoms with Crippen LogP contribution in [0.25, 0.3) is 0 Å². The third-order valence-electron chi connectivity index (χ3n) is 4.57. The van der Waals surface area contributed by atoms with Crippen LogP contribution in [-0.2, 0) is 11.2 Å². The normalized spacial score (nSPS) is 11.1. The fraction of sp³-hybridized carbons (Fsp3) is 0.0870. The van der Waals surface area contributed by atoms with E-state index >= 15 is 0 Å². The molecule has 0 aromatic heterocycles. The molecule has 3 aromatic rings. The number of hydrogen-bond acceptors (Lipinski definition) is 5. The third kappa shape index (κ3) is 6.61. The smallest absolute Gasteiger partial charge is 0.269 e. The zero-order valence-electron chi connectivity index (χ0n) is 17.3. The van der Waals surface area contributed by atoms with Crippen LogP contribution in [-0.4, -0.2) is 22.4 Å². The van der Waals surface area contributed by atoms with Gasteiger partial charge in [0.25, 0.3) is 11.6 Å². The number of nitrogens with zero attached hydrogens (tertiary/aromatic N) is 2. The van der Waals surface area contributed by atoms with Crippen LogP contribution in [0, 0.1) is 10.1 Å². The molecule has 3 aromatic carbocycles. The van der Waals surface area contributed by atoms with Gasteiger partial charge in [0.15, 0.2) is 0 Å². The van der Waals surface area contributed by atoms with Crippen molar-refractivity contribution in [2.24, 2.45) is 5.10 Å². The Kier molecular flexibility index (Phi) is 7.76. The summed E-state index contributed by atoms with van der Waals surface area (Å²) < 4.78 is 0. The summed E-state index contributed by atoms with van der Waals surface area (Å²) in [5.74, 6) is -0.759. The van der Waals surface area contributed by atoms with Crippen LogP contribution in [0.2, 0.25) is 10.0 Å². The lowest BCUT2D eigenvalue weighted by Gasteiger charge is -2.09. The van der Waals surface area contributed by atoms with Gasteiger partial charge in [-0.2, -0.15) is 5.10 Å². The Balaban J connectivity index is 1.63. The summed E-state index contributed by atoms with van der Waals surface area (Å²) in [4.78, 5) is 34.9. The predicted octanol–water partition coefficient (Wildman–Crippen LogP) is 5.24. The second kappa shape index (κ2) is 10.7. The minimum absolute atomic E-state index is 0.0206. The predicted molar refractivity (Wildman–Crippen MR) is 128 cm³/mol. The van der Waals surface area contributed by atoms with Gasteiger partial charge >= 0.3 is 0 Å².